The Bertz CT molecular complexity index is 448. The topological polar surface area (TPSA) is 75.8 Å². The molecule has 0 heterocycles. The van der Waals surface area contributed by atoms with Gasteiger partial charge >= 0.3 is 0 Å². The Morgan fingerprint density at radius 2 is 2.32 bits per heavy atom. The number of benzene rings is 1. The third-order valence-corrected chi connectivity index (χ3v) is 2.71. The maximum absolute atomic E-state index is 10.8. The number of aliphatic hydroxyl groups is 1. The maximum Gasteiger partial charge on any atom is 0.275 e. The van der Waals surface area contributed by atoms with E-state index >= 15 is 0 Å². The highest BCUT2D eigenvalue weighted by Crippen LogP contribution is 2.25. The molecule has 104 valence electrons. The average Bonchev–Trinajstić information content (AvgIpc) is 2.42. The van der Waals surface area contributed by atoms with Crippen LogP contribution in [0.2, 0.25) is 0 Å². The van der Waals surface area contributed by atoms with Gasteiger partial charge in [0.05, 0.1) is 23.7 Å². The van der Waals surface area contributed by atoms with E-state index in [-0.39, 0.29) is 12.3 Å². The molecule has 0 aliphatic heterocycles. The summed E-state index contributed by atoms with van der Waals surface area (Å²) >= 11 is 0. The Hall–Kier alpha value is -1.92. The van der Waals surface area contributed by atoms with Crippen molar-refractivity contribution in [2.45, 2.75) is 6.61 Å². The van der Waals surface area contributed by atoms with Gasteiger partial charge in [0, 0.05) is 32.0 Å². The molecule has 0 atom stereocenters. The number of hydrogen-bond donors (Lipinski definition) is 1. The molecule has 0 saturated heterocycles. The Labute approximate surface area is 112 Å². The summed E-state index contributed by atoms with van der Waals surface area (Å²) in [5.74, 6) is 0. The lowest BCUT2D eigenvalue weighted by Crippen LogP contribution is -2.27. The number of ether oxygens (including phenoxy) is 1. The molecule has 1 aromatic carbocycles. The lowest BCUT2D eigenvalue weighted by Gasteiger charge is -2.23. The second kappa shape index (κ2) is 7.50. The number of nitro benzene ring substituents is 1. The van der Waals surface area contributed by atoms with Crippen LogP contribution in [-0.2, 0) is 11.3 Å². The summed E-state index contributed by atoms with van der Waals surface area (Å²) in [6, 6.07) is 4.69. The van der Waals surface area contributed by atoms with Gasteiger partial charge in [0.25, 0.3) is 5.69 Å². The first-order chi connectivity index (χ1) is 9.13. The SMILES string of the molecule is C=CCN(CCOC)c1ccc([N+](=O)[O-])c(CO)c1. The van der Waals surface area contributed by atoms with E-state index in [2.05, 4.69) is 6.58 Å². The van der Waals surface area contributed by atoms with Crippen LogP contribution in [-0.4, -0.2) is 36.8 Å². The van der Waals surface area contributed by atoms with Crippen molar-refractivity contribution in [1.82, 2.24) is 0 Å². The molecule has 0 amide bonds. The fourth-order valence-corrected chi connectivity index (χ4v) is 1.76. The molecule has 0 fully saturated rings. The van der Waals surface area contributed by atoms with Crippen LogP contribution >= 0.6 is 0 Å². The second-order valence-electron chi connectivity index (χ2n) is 3.96. The van der Waals surface area contributed by atoms with E-state index in [1.165, 1.54) is 6.07 Å². The number of nitrogens with zero attached hydrogens (tertiary/aromatic N) is 2. The fourth-order valence-electron chi connectivity index (χ4n) is 1.76. The molecule has 6 heteroatoms. The van der Waals surface area contributed by atoms with Crippen LogP contribution in [0.5, 0.6) is 0 Å². The molecule has 6 nitrogen and oxygen atoms in total. The zero-order chi connectivity index (χ0) is 14.3. The van der Waals surface area contributed by atoms with Gasteiger partial charge < -0.3 is 14.7 Å². The minimum absolute atomic E-state index is 0.0726. The monoisotopic (exact) mass is 266 g/mol. The largest absolute Gasteiger partial charge is 0.391 e. The van der Waals surface area contributed by atoms with E-state index in [0.717, 1.165) is 5.69 Å². The molecule has 0 aliphatic rings. The van der Waals surface area contributed by atoms with Crippen LogP contribution in [0, 0.1) is 10.1 Å². The molecule has 1 aromatic rings. The highest BCUT2D eigenvalue weighted by atomic mass is 16.6. The van der Waals surface area contributed by atoms with Crippen LogP contribution < -0.4 is 4.90 Å². The third-order valence-electron chi connectivity index (χ3n) is 2.71. The lowest BCUT2D eigenvalue weighted by molar-refractivity contribution is -0.385. The average molecular weight is 266 g/mol. The molecular weight excluding hydrogens is 248 g/mol. The molecule has 0 bridgehead atoms. The summed E-state index contributed by atoms with van der Waals surface area (Å²) in [5.41, 5.74) is 1.03. The van der Waals surface area contributed by atoms with Gasteiger partial charge in [-0.25, -0.2) is 0 Å². The summed E-state index contributed by atoms with van der Waals surface area (Å²) in [7, 11) is 1.61. The normalized spacial score (nSPS) is 10.2. The molecule has 0 radical (unpaired) electrons. The Kier molecular flexibility index (Phi) is 5.98. The number of anilines is 1. The predicted molar refractivity (Wildman–Crippen MR) is 73.3 cm³/mol. The Morgan fingerprint density at radius 1 is 1.58 bits per heavy atom. The molecule has 0 aliphatic carbocycles. The molecule has 0 unspecified atom stereocenters. The molecule has 1 rings (SSSR count). The van der Waals surface area contributed by atoms with E-state index in [0.29, 0.717) is 25.3 Å². The van der Waals surface area contributed by atoms with Crippen LogP contribution in [0.1, 0.15) is 5.56 Å². The van der Waals surface area contributed by atoms with E-state index in [1.807, 2.05) is 4.90 Å². The zero-order valence-corrected chi connectivity index (χ0v) is 10.9. The highest BCUT2D eigenvalue weighted by molar-refractivity contribution is 5.55. The zero-order valence-electron chi connectivity index (χ0n) is 10.9. The summed E-state index contributed by atoms with van der Waals surface area (Å²) in [6.07, 6.45) is 1.75. The van der Waals surface area contributed by atoms with E-state index in [9.17, 15) is 15.2 Å². The van der Waals surface area contributed by atoms with E-state index in [1.54, 1.807) is 25.3 Å². The summed E-state index contributed by atoms with van der Waals surface area (Å²) in [4.78, 5) is 12.3. The number of methoxy groups -OCH3 is 1. The summed E-state index contributed by atoms with van der Waals surface area (Å²) < 4.78 is 5.03. The van der Waals surface area contributed by atoms with Crippen LogP contribution in [0.15, 0.2) is 30.9 Å². The standard InChI is InChI=1S/C13H18N2O4/c1-3-6-14(7-8-19-2)12-4-5-13(15(17)18)11(9-12)10-16/h3-5,9,16H,1,6-8,10H2,2H3. The molecule has 1 N–H and O–H groups in total. The number of hydrogen-bond acceptors (Lipinski definition) is 5. The van der Waals surface area contributed by atoms with Gasteiger partial charge in [-0.2, -0.15) is 0 Å². The second-order valence-corrected chi connectivity index (χ2v) is 3.96. The number of rotatable bonds is 8. The molecule has 0 saturated carbocycles. The van der Waals surface area contributed by atoms with E-state index in [4.69, 9.17) is 4.74 Å². The maximum atomic E-state index is 10.8. The van der Waals surface area contributed by atoms with Crippen molar-refractivity contribution >= 4 is 11.4 Å². The number of aliphatic hydroxyl groups excluding tert-OH is 1. The summed E-state index contributed by atoms with van der Waals surface area (Å²) in [6.45, 7) is 5.11. The first kappa shape index (κ1) is 15.1. The minimum atomic E-state index is -0.498. The van der Waals surface area contributed by atoms with Crippen molar-refractivity contribution in [3.8, 4) is 0 Å². The van der Waals surface area contributed by atoms with Gasteiger partial charge in [-0.3, -0.25) is 10.1 Å². The fraction of sp³-hybridized carbons (Fsp3) is 0.385. The first-order valence-corrected chi connectivity index (χ1v) is 5.87. The predicted octanol–water partition coefficient (Wildman–Crippen LogP) is 1.73. The molecule has 0 aromatic heterocycles. The van der Waals surface area contributed by atoms with Gasteiger partial charge in [-0.1, -0.05) is 6.08 Å². The highest BCUT2D eigenvalue weighted by Gasteiger charge is 2.15. The van der Waals surface area contributed by atoms with Crippen molar-refractivity contribution in [2.24, 2.45) is 0 Å². The van der Waals surface area contributed by atoms with Crippen molar-refractivity contribution in [1.29, 1.82) is 0 Å². The van der Waals surface area contributed by atoms with Gasteiger partial charge in [0.15, 0.2) is 0 Å². The van der Waals surface area contributed by atoms with Crippen molar-refractivity contribution in [3.05, 3.63) is 46.5 Å². The van der Waals surface area contributed by atoms with Crippen LogP contribution in [0.4, 0.5) is 11.4 Å². The Morgan fingerprint density at radius 3 is 2.84 bits per heavy atom. The molecule has 19 heavy (non-hydrogen) atoms. The third kappa shape index (κ3) is 4.04. The first-order valence-electron chi connectivity index (χ1n) is 5.87. The quantitative estimate of drug-likeness (QED) is 0.440. The van der Waals surface area contributed by atoms with Crippen LogP contribution in [0.25, 0.3) is 0 Å². The lowest BCUT2D eigenvalue weighted by atomic mass is 10.1. The molecular formula is C13H18N2O4. The van der Waals surface area contributed by atoms with Gasteiger partial charge in [0.2, 0.25) is 0 Å². The Balaban J connectivity index is 3.03. The van der Waals surface area contributed by atoms with Crippen molar-refractivity contribution in [3.63, 3.8) is 0 Å². The minimum Gasteiger partial charge on any atom is -0.391 e. The summed E-state index contributed by atoms with van der Waals surface area (Å²) in [5, 5.41) is 20.0. The molecule has 0 spiro atoms. The van der Waals surface area contributed by atoms with Gasteiger partial charge in [-0.15, -0.1) is 6.58 Å². The van der Waals surface area contributed by atoms with Crippen LogP contribution in [0.3, 0.4) is 0 Å². The van der Waals surface area contributed by atoms with Crippen molar-refractivity contribution in [2.75, 3.05) is 31.7 Å². The van der Waals surface area contributed by atoms with E-state index < -0.39 is 4.92 Å². The van der Waals surface area contributed by atoms with Gasteiger partial charge in [0.1, 0.15) is 0 Å². The van der Waals surface area contributed by atoms with Gasteiger partial charge in [-0.05, 0) is 12.1 Å². The van der Waals surface area contributed by atoms with Crippen molar-refractivity contribution < 1.29 is 14.8 Å². The number of nitro groups is 1. The smallest absolute Gasteiger partial charge is 0.275 e.